The normalized spacial score (nSPS) is 9.89. The molecule has 0 atom stereocenters. The summed E-state index contributed by atoms with van der Waals surface area (Å²) in [6.07, 6.45) is 5.87. The molecule has 6 heteroatoms. The van der Waals surface area contributed by atoms with Crippen LogP contribution in [0.2, 0.25) is 0 Å². The minimum Gasteiger partial charge on any atom is -0.494 e. The highest BCUT2D eigenvalue weighted by molar-refractivity contribution is 6.10. The Bertz CT molecular complexity index is 522. The summed E-state index contributed by atoms with van der Waals surface area (Å²) in [5.74, 6) is 0.246. The lowest BCUT2D eigenvalue weighted by Crippen LogP contribution is -2.09. The minimum atomic E-state index is -0.320. The van der Waals surface area contributed by atoms with E-state index in [0.29, 0.717) is 11.3 Å². The fraction of sp³-hybridized carbons (Fsp3) is 0.167. The van der Waals surface area contributed by atoms with E-state index in [1.165, 1.54) is 39.0 Å². The molecule has 0 bridgehead atoms. The lowest BCUT2D eigenvalue weighted by atomic mass is 10.1. The summed E-state index contributed by atoms with van der Waals surface area (Å²) in [6, 6.07) is 1.56. The van der Waals surface area contributed by atoms with Crippen molar-refractivity contribution in [3.63, 3.8) is 0 Å². The average Bonchev–Trinajstić information content (AvgIpc) is 2.46. The van der Waals surface area contributed by atoms with Crippen molar-refractivity contribution < 1.29 is 14.3 Å². The third-order valence-corrected chi connectivity index (χ3v) is 2.32. The van der Waals surface area contributed by atoms with Crippen molar-refractivity contribution in [2.75, 3.05) is 14.2 Å². The largest absolute Gasteiger partial charge is 0.494 e. The van der Waals surface area contributed by atoms with E-state index >= 15 is 0 Å². The van der Waals surface area contributed by atoms with E-state index in [1.807, 2.05) is 0 Å². The van der Waals surface area contributed by atoms with Crippen LogP contribution in [0.4, 0.5) is 0 Å². The maximum absolute atomic E-state index is 12.3. The third kappa shape index (κ3) is 2.13. The molecule has 0 unspecified atom stereocenters. The van der Waals surface area contributed by atoms with Crippen LogP contribution in [-0.4, -0.2) is 35.0 Å². The topological polar surface area (TPSA) is 74.2 Å². The first kappa shape index (κ1) is 12.0. The van der Waals surface area contributed by atoms with E-state index in [4.69, 9.17) is 9.47 Å². The second-order valence-electron chi connectivity index (χ2n) is 3.32. The summed E-state index contributed by atoms with van der Waals surface area (Å²) < 4.78 is 10.1. The van der Waals surface area contributed by atoms with Gasteiger partial charge in [-0.1, -0.05) is 0 Å². The Morgan fingerprint density at radius 3 is 2.61 bits per heavy atom. The Hall–Kier alpha value is -2.50. The fourth-order valence-electron chi connectivity index (χ4n) is 1.49. The summed E-state index contributed by atoms with van der Waals surface area (Å²) in [5, 5.41) is 0. The molecule has 0 saturated carbocycles. The highest BCUT2D eigenvalue weighted by Crippen LogP contribution is 2.22. The van der Waals surface area contributed by atoms with Gasteiger partial charge in [-0.3, -0.25) is 9.78 Å². The first-order valence-electron chi connectivity index (χ1n) is 5.15. The van der Waals surface area contributed by atoms with Crippen molar-refractivity contribution in [2.24, 2.45) is 0 Å². The molecule has 2 aromatic rings. The number of pyridine rings is 1. The van der Waals surface area contributed by atoms with Crippen LogP contribution in [0, 0.1) is 0 Å². The first-order valence-corrected chi connectivity index (χ1v) is 5.15. The van der Waals surface area contributed by atoms with Gasteiger partial charge in [0.15, 0.2) is 5.69 Å². The van der Waals surface area contributed by atoms with E-state index < -0.39 is 0 Å². The van der Waals surface area contributed by atoms with Crippen LogP contribution in [0.1, 0.15) is 16.1 Å². The second-order valence-corrected chi connectivity index (χ2v) is 3.32. The molecule has 0 saturated heterocycles. The molecule has 0 aliphatic carbocycles. The number of carbonyl (C=O) groups excluding carboxylic acids is 1. The van der Waals surface area contributed by atoms with Crippen molar-refractivity contribution in [3.8, 4) is 11.6 Å². The molecule has 0 spiro atoms. The van der Waals surface area contributed by atoms with Crippen LogP contribution in [0.15, 0.2) is 30.9 Å². The number of carbonyl (C=O) groups is 1. The zero-order chi connectivity index (χ0) is 13.0. The van der Waals surface area contributed by atoms with Crippen LogP contribution in [0.3, 0.4) is 0 Å². The second kappa shape index (κ2) is 5.22. The van der Waals surface area contributed by atoms with Crippen LogP contribution >= 0.6 is 0 Å². The summed E-state index contributed by atoms with van der Waals surface area (Å²) in [6.45, 7) is 0. The summed E-state index contributed by atoms with van der Waals surface area (Å²) in [5.41, 5.74) is 0.510. The number of nitrogens with zero attached hydrogens (tertiary/aromatic N) is 3. The van der Waals surface area contributed by atoms with Gasteiger partial charge in [0, 0.05) is 18.6 Å². The molecule has 0 fully saturated rings. The number of hydrogen-bond donors (Lipinski definition) is 0. The molecule has 2 heterocycles. The van der Waals surface area contributed by atoms with Gasteiger partial charge in [0.05, 0.1) is 26.0 Å². The Kier molecular flexibility index (Phi) is 3.47. The molecular weight excluding hydrogens is 234 g/mol. The van der Waals surface area contributed by atoms with Crippen molar-refractivity contribution in [1.82, 2.24) is 15.0 Å². The molecule has 0 amide bonds. The number of ketones is 1. The van der Waals surface area contributed by atoms with Gasteiger partial charge in [-0.15, -0.1) is 0 Å². The number of ether oxygens (including phenoxy) is 2. The molecular formula is C12H11N3O3. The number of methoxy groups -OCH3 is 2. The van der Waals surface area contributed by atoms with E-state index in [-0.39, 0.29) is 17.4 Å². The molecule has 6 nitrogen and oxygen atoms in total. The SMILES string of the molecule is COc1cnccc1C(=O)c1nccnc1OC. The zero-order valence-electron chi connectivity index (χ0n) is 9.95. The van der Waals surface area contributed by atoms with Crippen molar-refractivity contribution >= 4 is 5.78 Å². The molecule has 18 heavy (non-hydrogen) atoms. The predicted octanol–water partition coefficient (Wildman–Crippen LogP) is 1.12. The maximum atomic E-state index is 12.3. The Labute approximate surface area is 104 Å². The van der Waals surface area contributed by atoms with Gasteiger partial charge in [-0.25, -0.2) is 9.97 Å². The third-order valence-electron chi connectivity index (χ3n) is 2.32. The van der Waals surface area contributed by atoms with Crippen LogP contribution in [-0.2, 0) is 0 Å². The Morgan fingerprint density at radius 2 is 1.89 bits per heavy atom. The summed E-state index contributed by atoms with van der Waals surface area (Å²) in [7, 11) is 2.91. The van der Waals surface area contributed by atoms with Gasteiger partial charge in [0.1, 0.15) is 5.75 Å². The average molecular weight is 245 g/mol. The van der Waals surface area contributed by atoms with Gasteiger partial charge >= 0.3 is 0 Å². The van der Waals surface area contributed by atoms with E-state index in [0.717, 1.165) is 0 Å². The van der Waals surface area contributed by atoms with Gasteiger partial charge in [-0.05, 0) is 6.07 Å². The molecule has 0 aliphatic rings. The predicted molar refractivity (Wildman–Crippen MR) is 62.8 cm³/mol. The summed E-state index contributed by atoms with van der Waals surface area (Å²) in [4.78, 5) is 24.1. The number of rotatable bonds is 4. The van der Waals surface area contributed by atoms with E-state index in [9.17, 15) is 4.79 Å². The van der Waals surface area contributed by atoms with Gasteiger partial charge in [0.25, 0.3) is 0 Å². The first-order chi connectivity index (χ1) is 8.77. The molecule has 2 rings (SSSR count). The quantitative estimate of drug-likeness (QED) is 0.751. The summed E-state index contributed by atoms with van der Waals surface area (Å²) >= 11 is 0. The van der Waals surface area contributed by atoms with E-state index in [2.05, 4.69) is 15.0 Å². The lowest BCUT2D eigenvalue weighted by Gasteiger charge is -2.07. The van der Waals surface area contributed by atoms with Gasteiger partial charge in [-0.2, -0.15) is 0 Å². The number of hydrogen-bond acceptors (Lipinski definition) is 6. The van der Waals surface area contributed by atoms with E-state index in [1.54, 1.807) is 6.07 Å². The minimum absolute atomic E-state index is 0.143. The van der Waals surface area contributed by atoms with Crippen LogP contribution < -0.4 is 9.47 Å². The highest BCUT2D eigenvalue weighted by atomic mass is 16.5. The van der Waals surface area contributed by atoms with Crippen molar-refractivity contribution in [1.29, 1.82) is 0 Å². The number of aromatic nitrogens is 3. The van der Waals surface area contributed by atoms with Crippen LogP contribution in [0.25, 0.3) is 0 Å². The molecule has 0 aromatic carbocycles. The van der Waals surface area contributed by atoms with Crippen molar-refractivity contribution in [3.05, 3.63) is 42.1 Å². The highest BCUT2D eigenvalue weighted by Gasteiger charge is 2.20. The monoisotopic (exact) mass is 245 g/mol. The molecule has 0 N–H and O–H groups in total. The van der Waals surface area contributed by atoms with Crippen molar-refractivity contribution in [2.45, 2.75) is 0 Å². The molecule has 2 aromatic heterocycles. The molecule has 92 valence electrons. The molecule has 0 aliphatic heterocycles. The maximum Gasteiger partial charge on any atom is 0.243 e. The zero-order valence-corrected chi connectivity index (χ0v) is 9.95. The standard InChI is InChI=1S/C12H11N3O3/c1-17-9-7-13-4-3-8(9)11(16)10-12(18-2)15-6-5-14-10/h3-7H,1-2H3. The fourth-order valence-corrected chi connectivity index (χ4v) is 1.49. The smallest absolute Gasteiger partial charge is 0.243 e. The van der Waals surface area contributed by atoms with Gasteiger partial charge < -0.3 is 9.47 Å². The Balaban J connectivity index is 2.48. The van der Waals surface area contributed by atoms with Gasteiger partial charge in [0.2, 0.25) is 11.7 Å². The lowest BCUT2D eigenvalue weighted by molar-refractivity contribution is 0.102. The Morgan fingerprint density at radius 1 is 1.11 bits per heavy atom. The molecule has 0 radical (unpaired) electrons. The van der Waals surface area contributed by atoms with Crippen LogP contribution in [0.5, 0.6) is 11.6 Å².